The van der Waals surface area contributed by atoms with Crippen molar-refractivity contribution in [3.63, 3.8) is 0 Å². The maximum Gasteiger partial charge on any atom is 0.121 e. The smallest absolute Gasteiger partial charge is 0.121 e. The van der Waals surface area contributed by atoms with Crippen LogP contribution in [0.15, 0.2) is 18.2 Å². The lowest BCUT2D eigenvalue weighted by molar-refractivity contribution is 0.399. The number of hydrogen-bond donors (Lipinski definition) is 1. The molecule has 0 spiro atoms. The molecule has 3 atom stereocenters. The summed E-state index contributed by atoms with van der Waals surface area (Å²) >= 11 is 0. The minimum atomic E-state index is 0.215. The third-order valence-electron chi connectivity index (χ3n) is 4.59. The molecule has 0 radical (unpaired) electrons. The molecule has 17 heavy (non-hydrogen) atoms. The van der Waals surface area contributed by atoms with E-state index in [2.05, 4.69) is 19.1 Å². The van der Waals surface area contributed by atoms with Crippen LogP contribution in [0.4, 0.5) is 0 Å². The van der Waals surface area contributed by atoms with Crippen LogP contribution in [0.25, 0.3) is 0 Å². The Kier molecular flexibility index (Phi) is 2.62. The third-order valence-corrected chi connectivity index (χ3v) is 4.59. The summed E-state index contributed by atoms with van der Waals surface area (Å²) < 4.78 is 5.29. The molecule has 2 N–H and O–H groups in total. The van der Waals surface area contributed by atoms with Gasteiger partial charge in [0.15, 0.2) is 0 Å². The van der Waals surface area contributed by atoms with Crippen LogP contribution in [0.3, 0.4) is 0 Å². The van der Waals surface area contributed by atoms with E-state index in [-0.39, 0.29) is 6.04 Å². The van der Waals surface area contributed by atoms with Gasteiger partial charge in [-0.2, -0.15) is 0 Å². The van der Waals surface area contributed by atoms with E-state index in [1.165, 1.54) is 30.4 Å². The summed E-state index contributed by atoms with van der Waals surface area (Å²) in [6.07, 6.45) is 4.15. The van der Waals surface area contributed by atoms with Crippen LogP contribution >= 0.6 is 0 Å². The van der Waals surface area contributed by atoms with Crippen LogP contribution in [-0.2, 0) is 0 Å². The van der Waals surface area contributed by atoms with Gasteiger partial charge in [-0.3, -0.25) is 0 Å². The Hall–Kier alpha value is -1.02. The van der Waals surface area contributed by atoms with Gasteiger partial charge in [-0.15, -0.1) is 0 Å². The van der Waals surface area contributed by atoms with Gasteiger partial charge in [0.1, 0.15) is 5.75 Å². The molecule has 2 fully saturated rings. The maximum absolute atomic E-state index is 6.40. The molecule has 0 heterocycles. The zero-order chi connectivity index (χ0) is 12.0. The molecular weight excluding hydrogens is 210 g/mol. The highest BCUT2D eigenvalue weighted by molar-refractivity contribution is 5.37. The molecule has 3 unspecified atom stereocenters. The number of fused-ring (bicyclic) bond motifs is 1. The van der Waals surface area contributed by atoms with Gasteiger partial charge in [0.2, 0.25) is 0 Å². The van der Waals surface area contributed by atoms with Crippen molar-refractivity contribution in [3.05, 3.63) is 29.3 Å². The Morgan fingerprint density at radius 2 is 1.94 bits per heavy atom. The first-order chi connectivity index (χ1) is 8.19. The summed E-state index contributed by atoms with van der Waals surface area (Å²) in [7, 11) is 1.71. The van der Waals surface area contributed by atoms with Crippen LogP contribution in [-0.4, -0.2) is 7.11 Å². The molecule has 0 amide bonds. The van der Waals surface area contributed by atoms with E-state index in [1.807, 2.05) is 6.07 Å². The average molecular weight is 231 g/mol. The van der Waals surface area contributed by atoms with Gasteiger partial charge in [0.05, 0.1) is 7.11 Å². The summed E-state index contributed by atoms with van der Waals surface area (Å²) in [4.78, 5) is 0. The summed E-state index contributed by atoms with van der Waals surface area (Å²) in [5.74, 6) is 3.66. The number of benzene rings is 1. The minimum absolute atomic E-state index is 0.215. The normalized spacial score (nSPS) is 32.1. The molecule has 1 aromatic rings. The Morgan fingerprint density at radius 1 is 1.24 bits per heavy atom. The van der Waals surface area contributed by atoms with Crippen molar-refractivity contribution in [2.75, 3.05) is 7.11 Å². The van der Waals surface area contributed by atoms with E-state index < -0.39 is 0 Å². The Labute approximate surface area is 103 Å². The second-order valence-electron chi connectivity index (χ2n) is 5.74. The predicted octanol–water partition coefficient (Wildman–Crippen LogP) is 3.05. The van der Waals surface area contributed by atoms with Gasteiger partial charge in [-0.25, -0.2) is 0 Å². The number of methoxy groups -OCH3 is 1. The molecule has 92 valence electrons. The second kappa shape index (κ2) is 4.02. The lowest BCUT2D eigenvalue weighted by atomic mass is 9.89. The Bertz CT molecular complexity index is 419. The van der Waals surface area contributed by atoms with Gasteiger partial charge in [0, 0.05) is 6.04 Å². The van der Waals surface area contributed by atoms with E-state index >= 15 is 0 Å². The second-order valence-corrected chi connectivity index (χ2v) is 5.74. The molecule has 0 saturated heterocycles. The number of nitrogens with two attached hydrogens (primary N) is 1. The van der Waals surface area contributed by atoms with E-state index in [0.717, 1.165) is 17.6 Å². The van der Waals surface area contributed by atoms with Crippen LogP contribution in [0.2, 0.25) is 0 Å². The van der Waals surface area contributed by atoms with E-state index in [9.17, 15) is 0 Å². The molecule has 3 rings (SSSR count). The highest BCUT2D eigenvalue weighted by atomic mass is 16.5. The lowest BCUT2D eigenvalue weighted by Crippen LogP contribution is -2.20. The molecule has 0 aliphatic heterocycles. The van der Waals surface area contributed by atoms with Crippen molar-refractivity contribution in [1.82, 2.24) is 0 Å². The Balaban J connectivity index is 1.76. The standard InChI is InChI=1S/C15H21NO/c1-9-5-10(3-4-14(9)17-2)15(16)13-7-11-6-12(11)8-13/h3-5,11-13,15H,6-8,16H2,1-2H3. The molecule has 2 saturated carbocycles. The zero-order valence-corrected chi connectivity index (χ0v) is 10.6. The molecular formula is C15H21NO. The van der Waals surface area contributed by atoms with Crippen molar-refractivity contribution in [1.29, 1.82) is 0 Å². The first-order valence-electron chi connectivity index (χ1n) is 6.59. The van der Waals surface area contributed by atoms with Crippen LogP contribution in [0, 0.1) is 24.7 Å². The van der Waals surface area contributed by atoms with Crippen LogP contribution < -0.4 is 10.5 Å². The van der Waals surface area contributed by atoms with Crippen molar-refractivity contribution < 1.29 is 4.74 Å². The van der Waals surface area contributed by atoms with Gasteiger partial charge in [-0.05, 0) is 61.1 Å². The third kappa shape index (κ3) is 1.95. The molecule has 0 bridgehead atoms. The van der Waals surface area contributed by atoms with Crippen molar-refractivity contribution in [3.8, 4) is 5.75 Å². The molecule has 2 nitrogen and oxygen atoms in total. The number of aryl methyl sites for hydroxylation is 1. The molecule has 2 aliphatic rings. The van der Waals surface area contributed by atoms with Gasteiger partial charge in [-0.1, -0.05) is 12.1 Å². The number of ether oxygens (including phenoxy) is 1. The quantitative estimate of drug-likeness (QED) is 0.867. The molecule has 0 aromatic heterocycles. The summed E-state index contributed by atoms with van der Waals surface area (Å²) in [5, 5.41) is 0. The van der Waals surface area contributed by atoms with Gasteiger partial charge in [0.25, 0.3) is 0 Å². The molecule has 2 aliphatic carbocycles. The van der Waals surface area contributed by atoms with Crippen LogP contribution in [0.1, 0.15) is 36.4 Å². The highest BCUT2D eigenvalue weighted by Gasteiger charge is 2.47. The van der Waals surface area contributed by atoms with E-state index in [1.54, 1.807) is 7.11 Å². The molecule has 1 aromatic carbocycles. The van der Waals surface area contributed by atoms with Gasteiger partial charge < -0.3 is 10.5 Å². The SMILES string of the molecule is COc1ccc(C(N)C2CC3CC3C2)cc1C. The summed E-state index contributed by atoms with van der Waals surface area (Å²) in [5.41, 5.74) is 8.86. The Morgan fingerprint density at radius 3 is 2.53 bits per heavy atom. The number of hydrogen-bond acceptors (Lipinski definition) is 2. The first kappa shape index (κ1) is 11.1. The predicted molar refractivity (Wildman–Crippen MR) is 69.0 cm³/mol. The fraction of sp³-hybridized carbons (Fsp3) is 0.600. The largest absolute Gasteiger partial charge is 0.496 e. The zero-order valence-electron chi connectivity index (χ0n) is 10.6. The average Bonchev–Trinajstić information content (AvgIpc) is 2.95. The first-order valence-corrected chi connectivity index (χ1v) is 6.59. The monoisotopic (exact) mass is 231 g/mol. The fourth-order valence-electron chi connectivity index (χ4n) is 3.44. The van der Waals surface area contributed by atoms with E-state index in [4.69, 9.17) is 10.5 Å². The summed E-state index contributed by atoms with van der Waals surface area (Å²) in [6, 6.07) is 6.57. The van der Waals surface area contributed by atoms with E-state index in [0.29, 0.717) is 5.92 Å². The van der Waals surface area contributed by atoms with Crippen molar-refractivity contribution in [2.24, 2.45) is 23.5 Å². The van der Waals surface area contributed by atoms with Crippen LogP contribution in [0.5, 0.6) is 5.75 Å². The van der Waals surface area contributed by atoms with Gasteiger partial charge >= 0.3 is 0 Å². The topological polar surface area (TPSA) is 35.2 Å². The molecule has 2 heteroatoms. The number of rotatable bonds is 3. The summed E-state index contributed by atoms with van der Waals surface area (Å²) in [6.45, 7) is 2.08. The lowest BCUT2D eigenvalue weighted by Gasteiger charge is -2.21. The van der Waals surface area contributed by atoms with Crippen molar-refractivity contribution in [2.45, 2.75) is 32.2 Å². The maximum atomic E-state index is 6.40. The minimum Gasteiger partial charge on any atom is -0.496 e. The van der Waals surface area contributed by atoms with Crippen molar-refractivity contribution >= 4 is 0 Å². The fourth-order valence-corrected chi connectivity index (χ4v) is 3.44. The highest BCUT2D eigenvalue weighted by Crippen LogP contribution is 2.56.